The number of ether oxygens (including phenoxy) is 1. The summed E-state index contributed by atoms with van der Waals surface area (Å²) in [6, 6.07) is 9.96. The van der Waals surface area contributed by atoms with Gasteiger partial charge in [0.15, 0.2) is 5.72 Å². The highest BCUT2D eigenvalue weighted by atomic mass is 35.5. The number of allylic oxidation sites excluding steroid dienone is 1. The van der Waals surface area contributed by atoms with Crippen LogP contribution >= 0.6 is 23.2 Å². The van der Waals surface area contributed by atoms with Gasteiger partial charge in [-0.25, -0.2) is 0 Å². The summed E-state index contributed by atoms with van der Waals surface area (Å²) in [6.45, 7) is 0. The molecule has 2 aliphatic rings. The van der Waals surface area contributed by atoms with Gasteiger partial charge in [0, 0.05) is 13.5 Å². The summed E-state index contributed by atoms with van der Waals surface area (Å²) >= 11 is 12.6. The highest BCUT2D eigenvalue weighted by Crippen LogP contribution is 2.49. The molecular formula is C16H17Cl2NO2. The lowest BCUT2D eigenvalue weighted by Gasteiger charge is -2.53. The van der Waals surface area contributed by atoms with Gasteiger partial charge in [0.25, 0.3) is 0 Å². The first kappa shape index (κ1) is 14.9. The Morgan fingerprint density at radius 1 is 1.29 bits per heavy atom. The molecule has 1 aromatic rings. The van der Waals surface area contributed by atoms with Crippen LogP contribution in [0.1, 0.15) is 30.9 Å². The van der Waals surface area contributed by atoms with E-state index in [-0.39, 0.29) is 11.9 Å². The van der Waals surface area contributed by atoms with Crippen LogP contribution in [0.5, 0.6) is 0 Å². The predicted octanol–water partition coefficient (Wildman–Crippen LogP) is 3.83. The van der Waals surface area contributed by atoms with Crippen LogP contribution in [0.4, 0.5) is 0 Å². The zero-order chi connectivity index (χ0) is 15.1. The molecule has 3 rings (SSSR count). The summed E-state index contributed by atoms with van der Waals surface area (Å²) in [5.74, 6) is 0.0568. The second-order valence-electron chi connectivity index (χ2n) is 5.58. The summed E-state index contributed by atoms with van der Waals surface area (Å²) in [5.41, 5.74) is 0.236. The topological polar surface area (TPSA) is 29.5 Å². The number of carbonyl (C=O) groups is 1. The smallest absolute Gasteiger partial charge is 0.228 e. The van der Waals surface area contributed by atoms with Gasteiger partial charge in [-0.3, -0.25) is 4.79 Å². The average Bonchev–Trinajstić information content (AvgIpc) is 2.44. The van der Waals surface area contributed by atoms with Crippen molar-refractivity contribution < 1.29 is 9.53 Å². The zero-order valence-corrected chi connectivity index (χ0v) is 13.3. The van der Waals surface area contributed by atoms with E-state index in [0.29, 0.717) is 19.3 Å². The average molecular weight is 326 g/mol. The van der Waals surface area contributed by atoms with Crippen LogP contribution in [0.25, 0.3) is 0 Å². The van der Waals surface area contributed by atoms with Crippen molar-refractivity contribution in [2.75, 3.05) is 7.11 Å². The van der Waals surface area contributed by atoms with Crippen molar-refractivity contribution in [2.45, 2.75) is 35.4 Å². The molecule has 1 saturated heterocycles. The van der Waals surface area contributed by atoms with E-state index in [1.807, 2.05) is 42.5 Å². The van der Waals surface area contributed by atoms with Gasteiger partial charge in [-0.15, -0.1) is 23.2 Å². The Balaban J connectivity index is 1.94. The summed E-state index contributed by atoms with van der Waals surface area (Å²) < 4.78 is 4.78. The summed E-state index contributed by atoms with van der Waals surface area (Å²) in [6.07, 6.45) is 5.20. The third-order valence-electron chi connectivity index (χ3n) is 4.20. The first-order valence-corrected chi connectivity index (χ1v) is 7.71. The van der Waals surface area contributed by atoms with Gasteiger partial charge in [-0.05, 0) is 18.1 Å². The second-order valence-corrected chi connectivity index (χ2v) is 7.22. The molecule has 21 heavy (non-hydrogen) atoms. The molecule has 2 atom stereocenters. The van der Waals surface area contributed by atoms with E-state index in [2.05, 4.69) is 0 Å². The number of hydrogen-bond donors (Lipinski definition) is 0. The molecule has 0 saturated carbocycles. The maximum Gasteiger partial charge on any atom is 0.228 e. The molecule has 1 heterocycles. The first-order chi connectivity index (χ1) is 9.97. The van der Waals surface area contributed by atoms with E-state index in [1.54, 1.807) is 12.0 Å². The van der Waals surface area contributed by atoms with Gasteiger partial charge >= 0.3 is 0 Å². The number of alkyl halides is 2. The predicted molar refractivity (Wildman–Crippen MR) is 83.2 cm³/mol. The Labute approximate surface area is 134 Å². The highest BCUT2D eigenvalue weighted by molar-refractivity contribution is 6.48. The lowest BCUT2D eigenvalue weighted by atomic mass is 9.86. The Kier molecular flexibility index (Phi) is 3.76. The van der Waals surface area contributed by atoms with Crippen molar-refractivity contribution in [3.63, 3.8) is 0 Å². The lowest BCUT2D eigenvalue weighted by Crippen LogP contribution is -2.62. The Hall–Kier alpha value is -1.03. The number of methoxy groups -OCH3 is 1. The van der Waals surface area contributed by atoms with Gasteiger partial charge in [-0.2, -0.15) is 0 Å². The van der Waals surface area contributed by atoms with Crippen LogP contribution in [-0.4, -0.2) is 28.0 Å². The molecule has 2 unspecified atom stereocenters. The van der Waals surface area contributed by atoms with Crippen molar-refractivity contribution in [1.29, 1.82) is 0 Å². The normalized spacial score (nSPS) is 31.1. The standard InChI is InChI=1S/C16H17Cl2NO2/c1-21-16(9-5-8-15(17,18)11-16)19-13(10-14(19)20)12-6-3-2-4-7-12/h2-7,9,13H,8,10-11H2,1H3. The number of β-lactam (4-membered cyclic amide) rings is 1. The van der Waals surface area contributed by atoms with Crippen molar-refractivity contribution in [3.05, 3.63) is 48.0 Å². The number of carbonyl (C=O) groups excluding carboxylic acids is 1. The number of nitrogens with zero attached hydrogens (tertiary/aromatic N) is 1. The largest absolute Gasteiger partial charge is 0.355 e. The molecular weight excluding hydrogens is 309 g/mol. The molecule has 3 nitrogen and oxygen atoms in total. The molecule has 1 amide bonds. The number of likely N-dealkylation sites (tertiary alicyclic amines) is 1. The van der Waals surface area contributed by atoms with Gasteiger partial charge in [-0.1, -0.05) is 36.4 Å². The number of benzene rings is 1. The monoisotopic (exact) mass is 325 g/mol. The van der Waals surface area contributed by atoms with Crippen molar-refractivity contribution in [2.24, 2.45) is 0 Å². The van der Waals surface area contributed by atoms with E-state index in [9.17, 15) is 4.79 Å². The minimum Gasteiger partial charge on any atom is -0.355 e. The van der Waals surface area contributed by atoms with Crippen LogP contribution in [0.3, 0.4) is 0 Å². The van der Waals surface area contributed by atoms with Gasteiger partial charge in [0.05, 0.1) is 12.5 Å². The molecule has 0 spiro atoms. The van der Waals surface area contributed by atoms with Crippen LogP contribution < -0.4 is 0 Å². The maximum atomic E-state index is 12.2. The molecule has 112 valence electrons. The fraction of sp³-hybridized carbons (Fsp3) is 0.438. The van der Waals surface area contributed by atoms with Gasteiger partial charge < -0.3 is 9.64 Å². The fourth-order valence-electron chi connectivity index (χ4n) is 3.15. The Morgan fingerprint density at radius 2 is 2.00 bits per heavy atom. The minimum atomic E-state index is -0.915. The zero-order valence-electron chi connectivity index (χ0n) is 11.8. The van der Waals surface area contributed by atoms with Gasteiger partial charge in [0.1, 0.15) is 4.33 Å². The van der Waals surface area contributed by atoms with Crippen LogP contribution in [0.2, 0.25) is 0 Å². The number of halogens is 2. The van der Waals surface area contributed by atoms with Crippen molar-refractivity contribution >= 4 is 29.1 Å². The van der Waals surface area contributed by atoms with E-state index in [4.69, 9.17) is 27.9 Å². The van der Waals surface area contributed by atoms with E-state index in [0.717, 1.165) is 5.56 Å². The Bertz CT molecular complexity index is 573. The molecule has 0 radical (unpaired) electrons. The van der Waals surface area contributed by atoms with Crippen molar-refractivity contribution in [1.82, 2.24) is 4.90 Å². The second kappa shape index (κ2) is 5.31. The lowest BCUT2D eigenvalue weighted by molar-refractivity contribution is -0.188. The highest BCUT2D eigenvalue weighted by Gasteiger charge is 2.53. The van der Waals surface area contributed by atoms with E-state index in [1.165, 1.54) is 0 Å². The first-order valence-electron chi connectivity index (χ1n) is 6.95. The molecule has 1 aliphatic heterocycles. The maximum absolute atomic E-state index is 12.2. The number of rotatable bonds is 3. The molecule has 0 aromatic heterocycles. The van der Waals surface area contributed by atoms with E-state index >= 15 is 0 Å². The summed E-state index contributed by atoms with van der Waals surface area (Å²) in [4.78, 5) is 14.0. The third kappa shape index (κ3) is 2.59. The van der Waals surface area contributed by atoms with Crippen LogP contribution in [0.15, 0.2) is 42.5 Å². The Morgan fingerprint density at radius 3 is 2.57 bits per heavy atom. The summed E-state index contributed by atoms with van der Waals surface area (Å²) in [5, 5.41) is 0. The molecule has 1 aromatic carbocycles. The third-order valence-corrected chi connectivity index (χ3v) is 4.78. The summed E-state index contributed by atoms with van der Waals surface area (Å²) in [7, 11) is 1.59. The number of amides is 1. The molecule has 5 heteroatoms. The van der Waals surface area contributed by atoms with Crippen LogP contribution in [0, 0.1) is 0 Å². The molecule has 0 N–H and O–H groups in total. The number of hydrogen-bond acceptors (Lipinski definition) is 2. The quantitative estimate of drug-likeness (QED) is 0.480. The van der Waals surface area contributed by atoms with Crippen LogP contribution in [-0.2, 0) is 9.53 Å². The molecule has 1 aliphatic carbocycles. The van der Waals surface area contributed by atoms with Gasteiger partial charge in [0.2, 0.25) is 5.91 Å². The minimum absolute atomic E-state index is 0.00512. The van der Waals surface area contributed by atoms with Crippen molar-refractivity contribution in [3.8, 4) is 0 Å². The molecule has 1 fully saturated rings. The fourth-order valence-corrected chi connectivity index (χ4v) is 3.72. The SMILES string of the molecule is COC1(N2C(=O)CC2c2ccccc2)C=CCC(Cl)(Cl)C1. The van der Waals surface area contributed by atoms with E-state index < -0.39 is 10.1 Å². The molecule has 0 bridgehead atoms.